The van der Waals surface area contributed by atoms with Gasteiger partial charge < -0.3 is 14.5 Å². The standard InChI is InChI=1S/C30H34N8O4/c1-18-5-6-23-22(15-18)28(39)38(30(41)33(23)2)19-7-9-36(10-8-19)26-20-16-24-25(35(4)29(40)34(24)3)17-21(20)27(32-31-26)37-11-13-42-14-12-37/h5-6,15-17,19H,7-14H2,1-4H3. The quantitative estimate of drug-likeness (QED) is 0.323. The van der Waals surface area contributed by atoms with Crippen molar-refractivity contribution in [1.29, 1.82) is 0 Å². The van der Waals surface area contributed by atoms with E-state index in [-0.39, 0.29) is 23.0 Å². The molecular weight excluding hydrogens is 536 g/mol. The molecule has 0 amide bonds. The summed E-state index contributed by atoms with van der Waals surface area (Å²) in [4.78, 5) is 44.0. The highest BCUT2D eigenvalue weighted by molar-refractivity contribution is 6.05. The Kier molecular flexibility index (Phi) is 6.19. The topological polar surface area (TPSA) is 112 Å². The number of ether oxygens (including phenoxy) is 1. The molecule has 2 saturated heterocycles. The fraction of sp³-hybridized carbons (Fsp3) is 0.433. The number of aryl methyl sites for hydroxylation is 4. The predicted octanol–water partition coefficient (Wildman–Crippen LogP) is 1.82. The third-order valence-corrected chi connectivity index (χ3v) is 9.03. The molecule has 0 radical (unpaired) electrons. The largest absolute Gasteiger partial charge is 0.378 e. The molecule has 0 unspecified atom stereocenters. The highest BCUT2D eigenvalue weighted by Gasteiger charge is 2.28. The number of imidazole rings is 1. The van der Waals surface area contributed by atoms with E-state index < -0.39 is 0 Å². The summed E-state index contributed by atoms with van der Waals surface area (Å²) in [5.41, 5.74) is 2.68. The zero-order valence-electron chi connectivity index (χ0n) is 24.3. The molecule has 0 saturated carbocycles. The smallest absolute Gasteiger partial charge is 0.331 e. The first-order valence-electron chi connectivity index (χ1n) is 14.4. The Morgan fingerprint density at radius 1 is 0.690 bits per heavy atom. The highest BCUT2D eigenvalue weighted by Crippen LogP contribution is 2.36. The van der Waals surface area contributed by atoms with Crippen LogP contribution in [0.15, 0.2) is 44.7 Å². The van der Waals surface area contributed by atoms with Crippen molar-refractivity contribution >= 4 is 44.3 Å². The zero-order valence-corrected chi connectivity index (χ0v) is 24.3. The summed E-state index contributed by atoms with van der Waals surface area (Å²) in [7, 11) is 5.29. The van der Waals surface area contributed by atoms with Crippen LogP contribution in [-0.4, -0.2) is 67.9 Å². The van der Waals surface area contributed by atoms with Crippen molar-refractivity contribution in [1.82, 2.24) is 28.5 Å². The van der Waals surface area contributed by atoms with Gasteiger partial charge in [0, 0.05) is 64.1 Å². The Balaban J connectivity index is 1.29. The van der Waals surface area contributed by atoms with Gasteiger partial charge in [-0.15, -0.1) is 10.2 Å². The van der Waals surface area contributed by atoms with E-state index in [1.165, 1.54) is 4.57 Å². The number of morpholine rings is 1. The van der Waals surface area contributed by atoms with Crippen LogP contribution in [0.3, 0.4) is 0 Å². The first kappa shape index (κ1) is 26.4. The van der Waals surface area contributed by atoms with Crippen LogP contribution in [0, 0.1) is 6.92 Å². The average Bonchev–Trinajstić information content (AvgIpc) is 3.22. The monoisotopic (exact) mass is 570 g/mol. The van der Waals surface area contributed by atoms with E-state index in [4.69, 9.17) is 14.9 Å². The number of hydrogen-bond donors (Lipinski definition) is 0. The molecule has 0 atom stereocenters. The molecule has 7 rings (SSSR count). The fourth-order valence-corrected chi connectivity index (χ4v) is 6.61. The first-order chi connectivity index (χ1) is 20.2. The van der Waals surface area contributed by atoms with E-state index in [1.807, 2.05) is 37.3 Å². The van der Waals surface area contributed by atoms with Crippen molar-refractivity contribution in [3.8, 4) is 0 Å². The Bertz CT molecular complexity index is 2060. The minimum atomic E-state index is -0.290. The maximum absolute atomic E-state index is 13.5. The average molecular weight is 571 g/mol. The molecule has 2 aliphatic heterocycles. The lowest BCUT2D eigenvalue weighted by atomic mass is 10.0. The number of aromatic nitrogens is 6. The molecule has 2 aromatic carbocycles. The van der Waals surface area contributed by atoms with Gasteiger partial charge >= 0.3 is 11.4 Å². The first-order valence-corrected chi connectivity index (χ1v) is 14.4. The Morgan fingerprint density at radius 3 is 1.83 bits per heavy atom. The van der Waals surface area contributed by atoms with Gasteiger partial charge in [-0.1, -0.05) is 11.6 Å². The summed E-state index contributed by atoms with van der Waals surface area (Å²) in [6.07, 6.45) is 1.24. The predicted molar refractivity (Wildman–Crippen MR) is 163 cm³/mol. The molecule has 5 heterocycles. The van der Waals surface area contributed by atoms with Crippen LogP contribution in [0.1, 0.15) is 24.4 Å². The zero-order chi connectivity index (χ0) is 29.3. The minimum Gasteiger partial charge on any atom is -0.378 e. The number of piperidine rings is 1. The van der Waals surface area contributed by atoms with Crippen molar-refractivity contribution in [2.75, 3.05) is 49.2 Å². The van der Waals surface area contributed by atoms with Gasteiger partial charge in [0.15, 0.2) is 11.6 Å². The summed E-state index contributed by atoms with van der Waals surface area (Å²) in [5, 5.41) is 11.9. The second kappa shape index (κ2) is 9.83. The van der Waals surface area contributed by atoms with Crippen molar-refractivity contribution in [2.24, 2.45) is 21.1 Å². The van der Waals surface area contributed by atoms with Gasteiger partial charge in [-0.05, 0) is 44.0 Å². The minimum absolute atomic E-state index is 0.0888. The maximum atomic E-state index is 13.5. The van der Waals surface area contributed by atoms with E-state index >= 15 is 0 Å². The molecule has 5 aromatic rings. The number of rotatable bonds is 3. The van der Waals surface area contributed by atoms with Crippen LogP contribution in [0.2, 0.25) is 0 Å². The maximum Gasteiger partial charge on any atom is 0.331 e. The van der Waals surface area contributed by atoms with Gasteiger partial charge in [0.2, 0.25) is 0 Å². The molecule has 218 valence electrons. The summed E-state index contributed by atoms with van der Waals surface area (Å²) >= 11 is 0. The Hall–Kier alpha value is -4.45. The molecule has 3 aromatic heterocycles. The molecule has 12 heteroatoms. The third-order valence-electron chi connectivity index (χ3n) is 9.03. The number of anilines is 2. The lowest BCUT2D eigenvalue weighted by Gasteiger charge is -2.34. The summed E-state index contributed by atoms with van der Waals surface area (Å²) in [6, 6.07) is 9.48. The van der Waals surface area contributed by atoms with E-state index in [0.717, 1.165) is 52.1 Å². The second-order valence-electron chi connectivity index (χ2n) is 11.5. The number of hydrogen-bond acceptors (Lipinski definition) is 8. The molecule has 2 aliphatic rings. The third kappa shape index (κ3) is 3.96. The summed E-state index contributed by atoms with van der Waals surface area (Å²) in [6.45, 7) is 5.85. The van der Waals surface area contributed by atoms with Gasteiger partial charge in [0.1, 0.15) is 0 Å². The van der Waals surface area contributed by atoms with E-state index in [1.54, 1.807) is 34.8 Å². The molecule has 0 spiro atoms. The van der Waals surface area contributed by atoms with E-state index in [9.17, 15) is 14.4 Å². The normalized spacial score (nSPS) is 16.8. The highest BCUT2D eigenvalue weighted by atomic mass is 16.5. The van der Waals surface area contributed by atoms with Crippen molar-refractivity contribution in [3.63, 3.8) is 0 Å². The van der Waals surface area contributed by atoms with Gasteiger partial charge in [-0.3, -0.25) is 23.1 Å². The summed E-state index contributed by atoms with van der Waals surface area (Å²) in [5.74, 6) is 1.53. The van der Waals surface area contributed by atoms with Crippen molar-refractivity contribution in [2.45, 2.75) is 25.8 Å². The number of fused-ring (bicyclic) bond motifs is 3. The SMILES string of the molecule is Cc1ccc2c(c1)c(=O)n(C1CCN(c3nnc(N4CCOCC4)c4cc5c(cc34)n(C)c(=O)n5C)CC1)c(=O)n2C. The van der Waals surface area contributed by atoms with Gasteiger partial charge in [-0.2, -0.15) is 0 Å². The number of nitrogens with zero attached hydrogens (tertiary/aromatic N) is 8. The van der Waals surface area contributed by atoms with Crippen LogP contribution in [-0.2, 0) is 25.9 Å². The molecule has 0 bridgehead atoms. The van der Waals surface area contributed by atoms with Crippen LogP contribution < -0.4 is 26.7 Å². The second-order valence-corrected chi connectivity index (χ2v) is 11.5. The van der Waals surface area contributed by atoms with Crippen molar-refractivity contribution < 1.29 is 4.74 Å². The number of benzene rings is 2. The Morgan fingerprint density at radius 2 is 1.24 bits per heavy atom. The molecular formula is C30H34N8O4. The van der Waals surface area contributed by atoms with Gasteiger partial charge in [0.25, 0.3) is 5.56 Å². The molecule has 0 N–H and O–H groups in total. The lowest BCUT2D eigenvalue weighted by molar-refractivity contribution is 0.122. The molecule has 42 heavy (non-hydrogen) atoms. The lowest BCUT2D eigenvalue weighted by Crippen LogP contribution is -2.45. The molecule has 2 fully saturated rings. The molecule has 12 nitrogen and oxygen atoms in total. The van der Waals surface area contributed by atoms with Crippen LogP contribution >= 0.6 is 0 Å². The van der Waals surface area contributed by atoms with E-state index in [2.05, 4.69) is 9.80 Å². The van der Waals surface area contributed by atoms with E-state index in [0.29, 0.717) is 50.0 Å². The summed E-state index contributed by atoms with van der Waals surface area (Å²) < 4.78 is 11.9. The Labute approximate surface area is 240 Å². The molecule has 0 aliphatic carbocycles. The van der Waals surface area contributed by atoms with Gasteiger partial charge in [0.05, 0.1) is 35.2 Å². The van der Waals surface area contributed by atoms with Crippen molar-refractivity contribution in [3.05, 3.63) is 67.2 Å². The van der Waals surface area contributed by atoms with Crippen LogP contribution in [0.4, 0.5) is 11.6 Å². The van der Waals surface area contributed by atoms with Crippen LogP contribution in [0.5, 0.6) is 0 Å². The fourth-order valence-electron chi connectivity index (χ4n) is 6.61. The van der Waals surface area contributed by atoms with Gasteiger partial charge in [-0.25, -0.2) is 9.59 Å². The van der Waals surface area contributed by atoms with Crippen LogP contribution in [0.25, 0.3) is 32.7 Å².